The SMILES string of the molecule is CCOC(=O)C1=C(c2ccc(-n3c(C)nc4cnccc43)cc2)NC(C)=C(C(=O)OCC#Cc2cccnc2)C1CCc1cccc(C(F)(F)F)c1. The highest BCUT2D eigenvalue weighted by Crippen LogP contribution is 2.39. The van der Waals surface area contributed by atoms with Crippen LogP contribution in [-0.2, 0) is 31.7 Å². The number of imidazole rings is 1. The zero-order chi connectivity index (χ0) is 36.8. The van der Waals surface area contributed by atoms with Crippen molar-refractivity contribution in [2.24, 2.45) is 5.92 Å². The van der Waals surface area contributed by atoms with Crippen molar-refractivity contribution >= 4 is 28.7 Å². The fourth-order valence-electron chi connectivity index (χ4n) is 6.29. The van der Waals surface area contributed by atoms with Gasteiger partial charge in [0.15, 0.2) is 6.61 Å². The van der Waals surface area contributed by atoms with Crippen LogP contribution in [0.15, 0.2) is 108 Å². The maximum Gasteiger partial charge on any atom is 0.416 e. The fraction of sp³-hybridized carbons (Fsp3) is 0.225. The Morgan fingerprint density at radius 1 is 0.923 bits per heavy atom. The lowest BCUT2D eigenvalue weighted by Gasteiger charge is -2.31. The molecule has 1 N–H and O–H groups in total. The number of fused-ring (bicyclic) bond motifs is 1. The standard InChI is InChI=1S/C40H34F3N5O4/c1-4-51-39(50)36-32(17-12-27-8-5-11-30(22-27)40(41,42)43)35(38(49)52-21-7-10-28-9-6-19-44-23-28)25(2)46-37(36)29-13-15-31(16-14-29)48-26(3)47-33-24-45-20-18-34(33)48/h5-6,8-9,11,13-16,18-20,22-24,32,46H,4,12,17,21H2,1-3H3. The number of aromatic nitrogens is 4. The molecule has 9 nitrogen and oxygen atoms in total. The highest BCUT2D eigenvalue weighted by Gasteiger charge is 2.38. The third kappa shape index (κ3) is 7.73. The van der Waals surface area contributed by atoms with Crippen LogP contribution in [0, 0.1) is 24.7 Å². The van der Waals surface area contributed by atoms with E-state index in [0.29, 0.717) is 28.1 Å². The Labute approximate surface area is 298 Å². The van der Waals surface area contributed by atoms with Crippen LogP contribution in [-0.4, -0.2) is 44.7 Å². The van der Waals surface area contributed by atoms with E-state index in [4.69, 9.17) is 9.47 Å². The number of rotatable bonds is 9. The lowest BCUT2D eigenvalue weighted by molar-refractivity contribution is -0.140. The summed E-state index contributed by atoms with van der Waals surface area (Å²) in [5.41, 5.74) is 4.51. The molecule has 52 heavy (non-hydrogen) atoms. The molecule has 12 heteroatoms. The number of nitrogens with zero attached hydrogens (tertiary/aromatic N) is 4. The van der Waals surface area contributed by atoms with Gasteiger partial charge >= 0.3 is 18.1 Å². The lowest BCUT2D eigenvalue weighted by Crippen LogP contribution is -2.34. The van der Waals surface area contributed by atoms with Gasteiger partial charge in [-0.1, -0.05) is 42.2 Å². The Hall–Kier alpha value is -6.22. The maximum atomic E-state index is 13.8. The number of allylic oxidation sites excluding steroid dienone is 1. The Morgan fingerprint density at radius 2 is 1.69 bits per heavy atom. The molecule has 0 bridgehead atoms. The van der Waals surface area contributed by atoms with Crippen molar-refractivity contribution in [2.75, 3.05) is 13.2 Å². The fourth-order valence-corrected chi connectivity index (χ4v) is 6.29. The minimum Gasteiger partial charge on any atom is -0.463 e. The molecule has 3 aromatic heterocycles. The van der Waals surface area contributed by atoms with Crippen molar-refractivity contribution in [3.8, 4) is 17.5 Å². The molecular weight excluding hydrogens is 671 g/mol. The molecule has 1 unspecified atom stereocenters. The van der Waals surface area contributed by atoms with Gasteiger partial charge in [0, 0.05) is 41.5 Å². The van der Waals surface area contributed by atoms with Crippen LogP contribution in [0.5, 0.6) is 0 Å². The summed E-state index contributed by atoms with van der Waals surface area (Å²) in [6.07, 6.45) is 2.29. The van der Waals surface area contributed by atoms with Crippen LogP contribution in [0.2, 0.25) is 0 Å². The second-order valence-corrected chi connectivity index (χ2v) is 12.0. The molecule has 6 rings (SSSR count). The number of hydrogen-bond donors (Lipinski definition) is 1. The molecule has 264 valence electrons. The highest BCUT2D eigenvalue weighted by atomic mass is 19.4. The van der Waals surface area contributed by atoms with E-state index < -0.39 is 29.6 Å². The largest absolute Gasteiger partial charge is 0.463 e. The van der Waals surface area contributed by atoms with Crippen LogP contribution in [0.4, 0.5) is 13.2 Å². The van der Waals surface area contributed by atoms with E-state index in [9.17, 15) is 22.8 Å². The first-order valence-corrected chi connectivity index (χ1v) is 16.6. The van der Waals surface area contributed by atoms with E-state index in [-0.39, 0.29) is 37.2 Å². The van der Waals surface area contributed by atoms with Crippen LogP contribution in [0.1, 0.15) is 48.3 Å². The van der Waals surface area contributed by atoms with E-state index in [1.807, 2.05) is 41.8 Å². The van der Waals surface area contributed by atoms with Crippen molar-refractivity contribution in [3.63, 3.8) is 0 Å². The first kappa shape index (κ1) is 35.6. The van der Waals surface area contributed by atoms with Gasteiger partial charge in [-0.15, -0.1) is 0 Å². The van der Waals surface area contributed by atoms with Gasteiger partial charge in [0.2, 0.25) is 0 Å². The molecule has 0 fully saturated rings. The van der Waals surface area contributed by atoms with Gasteiger partial charge in [-0.3, -0.25) is 14.5 Å². The monoisotopic (exact) mass is 705 g/mol. The van der Waals surface area contributed by atoms with Crippen molar-refractivity contribution in [3.05, 3.63) is 136 Å². The number of esters is 2. The molecule has 0 saturated heterocycles. The minimum atomic E-state index is -4.53. The minimum absolute atomic E-state index is 0.0587. The Kier molecular flexibility index (Phi) is 10.5. The number of benzene rings is 2. The number of pyridine rings is 2. The smallest absolute Gasteiger partial charge is 0.416 e. The number of ether oxygens (including phenoxy) is 2. The van der Waals surface area contributed by atoms with Crippen molar-refractivity contribution in [1.29, 1.82) is 0 Å². The molecule has 2 aromatic carbocycles. The van der Waals surface area contributed by atoms with Gasteiger partial charge in [0.1, 0.15) is 11.3 Å². The lowest BCUT2D eigenvalue weighted by atomic mass is 9.80. The number of carbonyl (C=O) groups excluding carboxylic acids is 2. The van der Waals surface area contributed by atoms with E-state index >= 15 is 0 Å². The Bertz CT molecular complexity index is 2250. The topological polar surface area (TPSA) is 108 Å². The van der Waals surface area contributed by atoms with Gasteiger partial charge in [0.05, 0.1) is 40.7 Å². The van der Waals surface area contributed by atoms with Gasteiger partial charge in [0.25, 0.3) is 0 Å². The Morgan fingerprint density at radius 3 is 2.42 bits per heavy atom. The number of alkyl halides is 3. The molecule has 0 radical (unpaired) electrons. The summed E-state index contributed by atoms with van der Waals surface area (Å²) in [6.45, 7) is 5.08. The first-order chi connectivity index (χ1) is 25.0. The number of halogens is 3. The average molecular weight is 706 g/mol. The van der Waals surface area contributed by atoms with Crippen molar-refractivity contribution < 1.29 is 32.2 Å². The van der Waals surface area contributed by atoms with Gasteiger partial charge < -0.3 is 14.8 Å². The van der Waals surface area contributed by atoms with Gasteiger partial charge in [-0.25, -0.2) is 14.6 Å². The maximum absolute atomic E-state index is 13.8. The second-order valence-electron chi connectivity index (χ2n) is 12.0. The zero-order valence-electron chi connectivity index (χ0n) is 28.6. The van der Waals surface area contributed by atoms with Gasteiger partial charge in [-0.2, -0.15) is 13.2 Å². The number of nitrogens with one attached hydrogen (secondary N) is 1. The Balaban J connectivity index is 1.38. The zero-order valence-corrected chi connectivity index (χ0v) is 28.6. The average Bonchev–Trinajstić information content (AvgIpc) is 3.48. The normalized spacial score (nSPS) is 14.5. The molecule has 0 aliphatic carbocycles. The summed E-state index contributed by atoms with van der Waals surface area (Å²) < 4.78 is 53.8. The van der Waals surface area contributed by atoms with Crippen LogP contribution in [0.3, 0.4) is 0 Å². The number of carbonyl (C=O) groups is 2. The molecule has 0 spiro atoms. The van der Waals surface area contributed by atoms with Crippen LogP contribution in [0.25, 0.3) is 22.4 Å². The summed E-state index contributed by atoms with van der Waals surface area (Å²) in [6, 6.07) is 17.9. The summed E-state index contributed by atoms with van der Waals surface area (Å²) in [5, 5.41) is 3.26. The number of aryl methyl sites for hydroxylation is 2. The molecular formula is C40H34F3N5O4. The second kappa shape index (κ2) is 15.3. The van der Waals surface area contributed by atoms with Crippen molar-refractivity contribution in [2.45, 2.75) is 39.8 Å². The highest BCUT2D eigenvalue weighted by molar-refractivity contribution is 6.03. The summed E-state index contributed by atoms with van der Waals surface area (Å²) in [4.78, 5) is 40.4. The summed E-state index contributed by atoms with van der Waals surface area (Å²) >= 11 is 0. The summed E-state index contributed by atoms with van der Waals surface area (Å²) in [5.74, 6) is 4.18. The van der Waals surface area contributed by atoms with E-state index in [1.165, 1.54) is 6.07 Å². The van der Waals surface area contributed by atoms with Crippen LogP contribution < -0.4 is 5.32 Å². The third-order valence-electron chi connectivity index (χ3n) is 8.58. The molecule has 0 amide bonds. The van der Waals surface area contributed by atoms with Crippen LogP contribution >= 0.6 is 0 Å². The van der Waals surface area contributed by atoms with E-state index in [0.717, 1.165) is 34.7 Å². The molecule has 1 aliphatic heterocycles. The quantitative estimate of drug-likeness (QED) is 0.127. The predicted octanol–water partition coefficient (Wildman–Crippen LogP) is 7.14. The molecule has 5 aromatic rings. The first-order valence-electron chi connectivity index (χ1n) is 16.6. The van der Waals surface area contributed by atoms with E-state index in [1.54, 1.807) is 56.8 Å². The third-order valence-corrected chi connectivity index (χ3v) is 8.58. The molecule has 0 saturated carbocycles. The molecule has 4 heterocycles. The number of dihydropyridines is 1. The predicted molar refractivity (Wildman–Crippen MR) is 188 cm³/mol. The van der Waals surface area contributed by atoms with E-state index in [2.05, 4.69) is 32.1 Å². The summed E-state index contributed by atoms with van der Waals surface area (Å²) in [7, 11) is 0. The molecule has 1 atom stereocenters. The van der Waals surface area contributed by atoms with Gasteiger partial charge in [-0.05, 0) is 81.1 Å². The molecule has 1 aliphatic rings. The van der Waals surface area contributed by atoms with Crippen molar-refractivity contribution in [1.82, 2.24) is 24.8 Å². The number of hydrogen-bond acceptors (Lipinski definition) is 8.